The second kappa shape index (κ2) is 4.98. The van der Waals surface area contributed by atoms with Crippen LogP contribution in [0.15, 0.2) is 42.6 Å². The highest BCUT2D eigenvalue weighted by Gasteiger charge is 2.17. The fraction of sp³-hybridized carbons (Fsp3) is 0.118. The third-order valence-electron chi connectivity index (χ3n) is 3.49. The molecule has 0 bridgehead atoms. The number of benzene rings is 2. The van der Waals surface area contributed by atoms with Gasteiger partial charge in [0.15, 0.2) is 5.78 Å². The van der Waals surface area contributed by atoms with Crippen LogP contribution in [0.2, 0.25) is 0 Å². The van der Waals surface area contributed by atoms with Crippen LogP contribution in [-0.2, 0) is 0 Å². The van der Waals surface area contributed by atoms with Crippen LogP contribution in [-0.4, -0.2) is 17.9 Å². The van der Waals surface area contributed by atoms with Crippen LogP contribution in [0.3, 0.4) is 0 Å². The number of hydrogen-bond donors (Lipinski definition) is 2. The van der Waals surface area contributed by atoms with Crippen LogP contribution in [0.5, 0.6) is 5.75 Å². The van der Waals surface area contributed by atoms with E-state index in [1.54, 1.807) is 19.4 Å². The molecule has 0 atom stereocenters. The van der Waals surface area contributed by atoms with Crippen LogP contribution in [0, 0.1) is 6.92 Å². The molecule has 0 saturated carbocycles. The second-order valence-electron chi connectivity index (χ2n) is 5.05. The minimum atomic E-state index is -0.0684. The molecule has 0 aliphatic heterocycles. The van der Waals surface area contributed by atoms with E-state index in [0.29, 0.717) is 22.6 Å². The van der Waals surface area contributed by atoms with E-state index in [0.717, 1.165) is 16.5 Å². The molecule has 4 nitrogen and oxygen atoms in total. The van der Waals surface area contributed by atoms with Crippen molar-refractivity contribution in [3.63, 3.8) is 0 Å². The van der Waals surface area contributed by atoms with E-state index in [2.05, 4.69) is 4.98 Å². The molecule has 1 aromatic heterocycles. The number of H-pyrrole nitrogens is 1. The Kier molecular flexibility index (Phi) is 3.14. The molecule has 0 spiro atoms. The Labute approximate surface area is 122 Å². The largest absolute Gasteiger partial charge is 0.496 e. The number of ketones is 1. The summed E-state index contributed by atoms with van der Waals surface area (Å²) in [6, 6.07) is 11.0. The molecule has 0 amide bonds. The van der Waals surface area contributed by atoms with Crippen molar-refractivity contribution in [2.24, 2.45) is 0 Å². The number of nitrogen functional groups attached to an aromatic ring is 1. The molecule has 1 heterocycles. The van der Waals surface area contributed by atoms with Gasteiger partial charge in [-0.2, -0.15) is 0 Å². The SMILES string of the molecule is COc1cccc2[nH]cc(C(=O)c3cc(C)cc(N)c3)c12. The number of rotatable bonds is 3. The van der Waals surface area contributed by atoms with Gasteiger partial charge in [-0.15, -0.1) is 0 Å². The molecule has 3 rings (SSSR count). The monoisotopic (exact) mass is 280 g/mol. The van der Waals surface area contributed by atoms with Crippen molar-refractivity contribution in [2.45, 2.75) is 6.92 Å². The van der Waals surface area contributed by atoms with E-state index in [1.807, 2.05) is 37.3 Å². The summed E-state index contributed by atoms with van der Waals surface area (Å²) >= 11 is 0. The lowest BCUT2D eigenvalue weighted by Gasteiger charge is -2.06. The summed E-state index contributed by atoms with van der Waals surface area (Å²) in [6.07, 6.45) is 1.72. The van der Waals surface area contributed by atoms with Crippen molar-refractivity contribution >= 4 is 22.4 Å². The number of nitrogens with two attached hydrogens (primary N) is 1. The Morgan fingerprint density at radius 2 is 2.05 bits per heavy atom. The zero-order valence-electron chi connectivity index (χ0n) is 11.9. The Hall–Kier alpha value is -2.75. The molecule has 0 radical (unpaired) electrons. The molecule has 106 valence electrons. The molecule has 3 N–H and O–H groups in total. The van der Waals surface area contributed by atoms with E-state index < -0.39 is 0 Å². The quantitative estimate of drug-likeness (QED) is 0.571. The Morgan fingerprint density at radius 1 is 1.24 bits per heavy atom. The topological polar surface area (TPSA) is 68.1 Å². The lowest BCUT2D eigenvalue weighted by molar-refractivity contribution is 0.104. The molecular weight excluding hydrogens is 264 g/mol. The van der Waals surface area contributed by atoms with Crippen LogP contribution < -0.4 is 10.5 Å². The third kappa shape index (κ3) is 2.25. The number of ether oxygens (including phenoxy) is 1. The molecule has 21 heavy (non-hydrogen) atoms. The minimum absolute atomic E-state index is 0.0684. The molecule has 0 aliphatic carbocycles. The van der Waals surface area contributed by atoms with E-state index >= 15 is 0 Å². The van der Waals surface area contributed by atoms with Gasteiger partial charge in [-0.3, -0.25) is 4.79 Å². The highest BCUT2D eigenvalue weighted by Crippen LogP contribution is 2.30. The zero-order chi connectivity index (χ0) is 15.0. The molecule has 0 unspecified atom stereocenters. The number of carbonyl (C=O) groups excluding carboxylic acids is 1. The fourth-order valence-electron chi connectivity index (χ4n) is 2.60. The molecular formula is C17H16N2O2. The van der Waals surface area contributed by atoms with Gasteiger partial charge in [-0.25, -0.2) is 0 Å². The number of aromatic nitrogens is 1. The summed E-state index contributed by atoms with van der Waals surface area (Å²) in [7, 11) is 1.60. The van der Waals surface area contributed by atoms with Gasteiger partial charge >= 0.3 is 0 Å². The number of hydrogen-bond acceptors (Lipinski definition) is 3. The first-order valence-corrected chi connectivity index (χ1v) is 6.66. The number of aryl methyl sites for hydroxylation is 1. The highest BCUT2D eigenvalue weighted by molar-refractivity contribution is 6.17. The number of fused-ring (bicyclic) bond motifs is 1. The standard InChI is InChI=1S/C17H16N2O2/c1-10-6-11(8-12(18)7-10)17(20)13-9-19-14-4-3-5-15(21-2)16(13)14/h3-9,19H,18H2,1-2H3. The highest BCUT2D eigenvalue weighted by atomic mass is 16.5. The maximum Gasteiger partial charge on any atom is 0.195 e. The van der Waals surface area contributed by atoms with Crippen molar-refractivity contribution in [3.05, 3.63) is 59.3 Å². The second-order valence-corrected chi connectivity index (χ2v) is 5.05. The number of anilines is 1. The van der Waals surface area contributed by atoms with Crippen molar-refractivity contribution in [1.29, 1.82) is 0 Å². The van der Waals surface area contributed by atoms with E-state index in [4.69, 9.17) is 10.5 Å². The summed E-state index contributed by atoms with van der Waals surface area (Å²) in [5.74, 6) is 0.610. The first-order valence-electron chi connectivity index (χ1n) is 6.66. The smallest absolute Gasteiger partial charge is 0.195 e. The maximum absolute atomic E-state index is 12.8. The summed E-state index contributed by atoms with van der Waals surface area (Å²) in [6.45, 7) is 1.92. The van der Waals surface area contributed by atoms with Crippen molar-refractivity contribution in [1.82, 2.24) is 4.98 Å². The van der Waals surface area contributed by atoms with Crippen molar-refractivity contribution in [3.8, 4) is 5.75 Å². The van der Waals surface area contributed by atoms with Gasteiger partial charge < -0.3 is 15.5 Å². The molecule has 0 saturated heterocycles. The van der Waals surface area contributed by atoms with Gasteiger partial charge in [0.1, 0.15) is 5.75 Å². The number of aromatic amines is 1. The molecule has 2 aromatic carbocycles. The zero-order valence-corrected chi connectivity index (χ0v) is 11.9. The lowest BCUT2D eigenvalue weighted by atomic mass is 10.00. The number of methoxy groups -OCH3 is 1. The number of nitrogens with one attached hydrogen (secondary N) is 1. The average Bonchev–Trinajstić information content (AvgIpc) is 2.89. The van der Waals surface area contributed by atoms with Crippen LogP contribution in [0.4, 0.5) is 5.69 Å². The molecule has 3 aromatic rings. The lowest BCUT2D eigenvalue weighted by Crippen LogP contribution is -2.02. The van der Waals surface area contributed by atoms with Crippen LogP contribution >= 0.6 is 0 Å². The summed E-state index contributed by atoms with van der Waals surface area (Å²) in [5.41, 5.74) is 9.43. The maximum atomic E-state index is 12.8. The van der Waals surface area contributed by atoms with E-state index in [9.17, 15) is 4.79 Å². The first kappa shape index (κ1) is 13.2. The van der Waals surface area contributed by atoms with Gasteiger partial charge in [-0.1, -0.05) is 6.07 Å². The summed E-state index contributed by atoms with van der Waals surface area (Å²) < 4.78 is 5.36. The van der Waals surface area contributed by atoms with Gasteiger partial charge in [0.25, 0.3) is 0 Å². The third-order valence-corrected chi connectivity index (χ3v) is 3.49. The average molecular weight is 280 g/mol. The Bertz CT molecular complexity index is 814. The molecule has 0 fully saturated rings. The van der Waals surface area contributed by atoms with Crippen molar-refractivity contribution in [2.75, 3.05) is 12.8 Å². The van der Waals surface area contributed by atoms with E-state index in [-0.39, 0.29) is 5.78 Å². The fourth-order valence-corrected chi connectivity index (χ4v) is 2.60. The molecule has 0 aliphatic rings. The van der Waals surface area contributed by atoms with Crippen LogP contribution in [0.25, 0.3) is 10.9 Å². The van der Waals surface area contributed by atoms with Gasteiger partial charge in [0.05, 0.1) is 18.1 Å². The summed E-state index contributed by atoms with van der Waals surface area (Å²) in [5, 5.41) is 0.796. The predicted octanol–water partition coefficient (Wildman–Crippen LogP) is 3.30. The Balaban J connectivity index is 2.18. The number of carbonyl (C=O) groups is 1. The van der Waals surface area contributed by atoms with E-state index in [1.165, 1.54) is 0 Å². The van der Waals surface area contributed by atoms with Crippen molar-refractivity contribution < 1.29 is 9.53 Å². The minimum Gasteiger partial charge on any atom is -0.496 e. The molecule has 4 heteroatoms. The van der Waals surface area contributed by atoms with Gasteiger partial charge in [-0.05, 0) is 42.8 Å². The first-order chi connectivity index (χ1) is 10.1. The normalized spacial score (nSPS) is 10.8. The Morgan fingerprint density at radius 3 is 2.76 bits per heavy atom. The summed E-state index contributed by atoms with van der Waals surface area (Å²) in [4.78, 5) is 15.9. The van der Waals surface area contributed by atoms with Crippen LogP contribution in [0.1, 0.15) is 21.5 Å². The predicted molar refractivity (Wildman–Crippen MR) is 83.9 cm³/mol. The van der Waals surface area contributed by atoms with Gasteiger partial charge in [0.2, 0.25) is 0 Å². The van der Waals surface area contributed by atoms with Gasteiger partial charge in [0, 0.05) is 23.0 Å².